The lowest BCUT2D eigenvalue weighted by atomic mass is 10.1. The van der Waals surface area contributed by atoms with Crippen molar-refractivity contribution >= 4 is 28.0 Å². The number of nitrogens with two attached hydrogens (primary N) is 1. The smallest absolute Gasteiger partial charge is 0.201 e. The minimum absolute atomic E-state index is 0.497. The summed E-state index contributed by atoms with van der Waals surface area (Å²) >= 11 is 0. The quantitative estimate of drug-likeness (QED) is 0.613. The number of anilines is 1. The molecule has 0 fully saturated rings. The zero-order chi connectivity index (χ0) is 11.3. The predicted molar refractivity (Wildman–Crippen MR) is 63.0 cm³/mol. The Morgan fingerprint density at radius 3 is 2.75 bits per heavy atom. The van der Waals surface area contributed by atoms with E-state index in [1.54, 1.807) is 12.4 Å². The van der Waals surface area contributed by atoms with Crippen molar-refractivity contribution in [2.45, 2.75) is 6.92 Å². The molecular weight excluding hydrogens is 202 g/mol. The molecular formula is C11H11N5. The summed E-state index contributed by atoms with van der Waals surface area (Å²) < 4.78 is 1.87. The fourth-order valence-corrected chi connectivity index (χ4v) is 2.04. The molecule has 3 rings (SSSR count). The highest BCUT2D eigenvalue weighted by molar-refractivity contribution is 6.02. The number of imidazole rings is 1. The highest BCUT2D eigenvalue weighted by atomic mass is 15.1. The standard InChI is InChI=1S/C11H11N5/c1-6-5-7-8(14-4-3-13-7)9-10(6)16(2)11(12)15-9/h3-5H,1-2H3,(H2,12,15). The number of aromatic nitrogens is 4. The van der Waals surface area contributed by atoms with Crippen LogP contribution >= 0.6 is 0 Å². The third-order valence-corrected chi connectivity index (χ3v) is 2.81. The van der Waals surface area contributed by atoms with Crippen LogP contribution in [0.5, 0.6) is 0 Å². The van der Waals surface area contributed by atoms with Crippen molar-refractivity contribution in [1.82, 2.24) is 19.5 Å². The molecule has 0 atom stereocenters. The molecule has 0 aliphatic heterocycles. The van der Waals surface area contributed by atoms with Crippen LogP contribution in [0.15, 0.2) is 18.5 Å². The maximum absolute atomic E-state index is 5.82. The topological polar surface area (TPSA) is 69.6 Å². The third kappa shape index (κ3) is 1.02. The van der Waals surface area contributed by atoms with Gasteiger partial charge in [0.25, 0.3) is 0 Å². The molecule has 0 bridgehead atoms. The Balaban J connectivity index is 2.65. The normalized spacial score (nSPS) is 11.4. The Morgan fingerprint density at radius 2 is 1.94 bits per heavy atom. The van der Waals surface area contributed by atoms with Gasteiger partial charge < -0.3 is 10.3 Å². The van der Waals surface area contributed by atoms with Crippen LogP contribution in [0.2, 0.25) is 0 Å². The lowest BCUT2D eigenvalue weighted by Crippen LogP contribution is -1.97. The van der Waals surface area contributed by atoms with Gasteiger partial charge in [-0.2, -0.15) is 0 Å². The van der Waals surface area contributed by atoms with Gasteiger partial charge in [-0.25, -0.2) is 4.98 Å². The van der Waals surface area contributed by atoms with E-state index in [4.69, 9.17) is 5.73 Å². The van der Waals surface area contributed by atoms with Crippen LogP contribution < -0.4 is 5.73 Å². The lowest BCUT2D eigenvalue weighted by molar-refractivity contribution is 0.961. The molecule has 0 unspecified atom stereocenters. The maximum atomic E-state index is 5.82. The predicted octanol–water partition coefficient (Wildman–Crippen LogP) is 1.41. The van der Waals surface area contributed by atoms with Crippen LogP contribution in [-0.4, -0.2) is 19.5 Å². The van der Waals surface area contributed by atoms with E-state index < -0.39 is 0 Å². The highest BCUT2D eigenvalue weighted by Crippen LogP contribution is 2.26. The molecule has 3 aromatic rings. The number of benzene rings is 1. The number of nitrogens with zero attached hydrogens (tertiary/aromatic N) is 4. The van der Waals surface area contributed by atoms with Gasteiger partial charge in [0.15, 0.2) is 0 Å². The molecule has 16 heavy (non-hydrogen) atoms. The van der Waals surface area contributed by atoms with Crippen molar-refractivity contribution in [3.63, 3.8) is 0 Å². The second-order valence-corrected chi connectivity index (χ2v) is 3.84. The van der Waals surface area contributed by atoms with Crippen molar-refractivity contribution in [2.75, 3.05) is 5.73 Å². The number of nitrogen functional groups attached to an aromatic ring is 1. The van der Waals surface area contributed by atoms with Gasteiger partial charge in [-0.1, -0.05) is 0 Å². The van der Waals surface area contributed by atoms with E-state index in [0.717, 1.165) is 27.6 Å². The number of hydrogen-bond acceptors (Lipinski definition) is 4. The average molecular weight is 213 g/mol. The number of rotatable bonds is 0. The second kappa shape index (κ2) is 2.91. The first-order chi connectivity index (χ1) is 7.68. The van der Waals surface area contributed by atoms with Gasteiger partial charge in [0.05, 0.1) is 11.0 Å². The molecule has 2 aromatic heterocycles. The molecule has 5 nitrogen and oxygen atoms in total. The summed E-state index contributed by atoms with van der Waals surface area (Å²) in [4.78, 5) is 12.9. The molecule has 2 N–H and O–H groups in total. The van der Waals surface area contributed by atoms with E-state index in [-0.39, 0.29) is 0 Å². The van der Waals surface area contributed by atoms with Crippen LogP contribution in [0.1, 0.15) is 5.56 Å². The Bertz CT molecular complexity index is 698. The first kappa shape index (κ1) is 9.08. The van der Waals surface area contributed by atoms with Gasteiger partial charge in [-0.05, 0) is 18.6 Å². The highest BCUT2D eigenvalue weighted by Gasteiger charge is 2.12. The summed E-state index contributed by atoms with van der Waals surface area (Å²) in [6.07, 6.45) is 3.35. The van der Waals surface area contributed by atoms with Gasteiger partial charge in [0.2, 0.25) is 5.95 Å². The Hall–Kier alpha value is -2.17. The van der Waals surface area contributed by atoms with Gasteiger partial charge in [0, 0.05) is 19.4 Å². The van der Waals surface area contributed by atoms with Crippen molar-refractivity contribution in [3.05, 3.63) is 24.0 Å². The number of fused-ring (bicyclic) bond motifs is 3. The van der Waals surface area contributed by atoms with Crippen LogP contribution in [-0.2, 0) is 7.05 Å². The lowest BCUT2D eigenvalue weighted by Gasteiger charge is -2.02. The molecule has 0 spiro atoms. The molecule has 0 aliphatic carbocycles. The molecule has 0 radical (unpaired) electrons. The maximum Gasteiger partial charge on any atom is 0.201 e. The van der Waals surface area contributed by atoms with Gasteiger partial charge in [0.1, 0.15) is 11.0 Å². The molecule has 0 saturated heterocycles. The zero-order valence-corrected chi connectivity index (χ0v) is 9.10. The second-order valence-electron chi connectivity index (χ2n) is 3.84. The summed E-state index contributed by atoms with van der Waals surface area (Å²) in [6.45, 7) is 2.03. The van der Waals surface area contributed by atoms with E-state index in [1.807, 2.05) is 24.6 Å². The SMILES string of the molecule is Cc1cc2nccnc2c2nc(N)n(C)c12. The average Bonchev–Trinajstić information content (AvgIpc) is 2.57. The van der Waals surface area contributed by atoms with E-state index in [9.17, 15) is 0 Å². The van der Waals surface area contributed by atoms with E-state index in [0.29, 0.717) is 5.95 Å². The van der Waals surface area contributed by atoms with Crippen molar-refractivity contribution in [1.29, 1.82) is 0 Å². The minimum atomic E-state index is 0.497. The minimum Gasteiger partial charge on any atom is -0.369 e. The zero-order valence-electron chi connectivity index (χ0n) is 9.10. The molecule has 2 heterocycles. The van der Waals surface area contributed by atoms with Crippen molar-refractivity contribution in [3.8, 4) is 0 Å². The van der Waals surface area contributed by atoms with Gasteiger partial charge >= 0.3 is 0 Å². The molecule has 0 saturated carbocycles. The fraction of sp³-hybridized carbons (Fsp3) is 0.182. The van der Waals surface area contributed by atoms with Crippen LogP contribution in [0, 0.1) is 6.92 Å². The van der Waals surface area contributed by atoms with Gasteiger partial charge in [-0.3, -0.25) is 9.97 Å². The summed E-state index contributed by atoms with van der Waals surface area (Å²) in [6, 6.07) is 2.01. The largest absolute Gasteiger partial charge is 0.369 e. The Labute approximate surface area is 91.9 Å². The summed E-state index contributed by atoms with van der Waals surface area (Å²) in [5.41, 5.74) is 10.4. The number of hydrogen-bond donors (Lipinski definition) is 1. The summed E-state index contributed by atoms with van der Waals surface area (Å²) in [5.74, 6) is 0.497. The van der Waals surface area contributed by atoms with E-state index in [2.05, 4.69) is 15.0 Å². The van der Waals surface area contributed by atoms with E-state index in [1.165, 1.54) is 0 Å². The van der Waals surface area contributed by atoms with Crippen LogP contribution in [0.3, 0.4) is 0 Å². The van der Waals surface area contributed by atoms with Crippen molar-refractivity contribution < 1.29 is 0 Å². The third-order valence-electron chi connectivity index (χ3n) is 2.81. The first-order valence-corrected chi connectivity index (χ1v) is 5.00. The molecule has 0 aliphatic rings. The molecule has 1 aromatic carbocycles. The fourth-order valence-electron chi connectivity index (χ4n) is 2.04. The molecule has 0 amide bonds. The first-order valence-electron chi connectivity index (χ1n) is 5.00. The monoisotopic (exact) mass is 213 g/mol. The van der Waals surface area contributed by atoms with Crippen molar-refractivity contribution in [2.24, 2.45) is 7.05 Å². The Morgan fingerprint density at radius 1 is 1.19 bits per heavy atom. The Kier molecular flexibility index (Phi) is 1.65. The molecule has 80 valence electrons. The summed E-state index contributed by atoms with van der Waals surface area (Å²) in [5, 5.41) is 0. The summed E-state index contributed by atoms with van der Waals surface area (Å²) in [7, 11) is 1.90. The molecule has 5 heteroatoms. The number of aryl methyl sites for hydroxylation is 2. The van der Waals surface area contributed by atoms with Crippen LogP contribution in [0.4, 0.5) is 5.95 Å². The van der Waals surface area contributed by atoms with Crippen LogP contribution in [0.25, 0.3) is 22.1 Å². The van der Waals surface area contributed by atoms with Gasteiger partial charge in [-0.15, -0.1) is 0 Å². The van der Waals surface area contributed by atoms with E-state index >= 15 is 0 Å².